The minimum atomic E-state index is -3.66. The lowest BCUT2D eigenvalue weighted by Gasteiger charge is -2.20. The van der Waals surface area contributed by atoms with Gasteiger partial charge in [0.05, 0.1) is 12.7 Å². The number of rotatable bonds is 11. The van der Waals surface area contributed by atoms with Crippen molar-refractivity contribution in [3.8, 4) is 16.9 Å². The van der Waals surface area contributed by atoms with E-state index in [0.29, 0.717) is 0 Å². The van der Waals surface area contributed by atoms with Crippen LogP contribution in [0.5, 0.6) is 5.75 Å². The lowest BCUT2D eigenvalue weighted by atomic mass is 9.98. The summed E-state index contributed by atoms with van der Waals surface area (Å²) in [5.74, 6) is -0.399. The van der Waals surface area contributed by atoms with Crippen LogP contribution in [0.15, 0.2) is 103 Å². The maximum atomic E-state index is 13.0. The third-order valence-corrected chi connectivity index (χ3v) is 7.47. The van der Waals surface area contributed by atoms with E-state index >= 15 is 0 Å². The Morgan fingerprint density at radius 1 is 0.762 bits per heavy atom. The third kappa shape index (κ3) is 7.55. The van der Waals surface area contributed by atoms with Gasteiger partial charge < -0.3 is 19.0 Å². The maximum Gasteiger partial charge on any atom is 0.407 e. The lowest BCUT2D eigenvalue weighted by molar-refractivity contribution is -0.145. The van der Waals surface area contributed by atoms with Gasteiger partial charge in [-0.3, -0.25) is 4.79 Å². The normalized spacial score (nSPS) is 13.0. The minimum absolute atomic E-state index is 0.0847. The third-order valence-electron chi connectivity index (χ3n) is 6.97. The fraction of sp³-hybridized carbons (Fsp3) is 0.212. The van der Waals surface area contributed by atoms with E-state index in [1.165, 1.54) is 12.1 Å². The van der Waals surface area contributed by atoms with Crippen molar-refractivity contribution < 1.29 is 31.7 Å². The van der Waals surface area contributed by atoms with Crippen molar-refractivity contribution >= 4 is 22.2 Å². The van der Waals surface area contributed by atoms with Gasteiger partial charge in [0, 0.05) is 12.0 Å². The highest BCUT2D eigenvalue weighted by Crippen LogP contribution is 2.44. The van der Waals surface area contributed by atoms with Crippen LogP contribution >= 0.6 is 0 Å². The van der Waals surface area contributed by atoms with Crippen molar-refractivity contribution in [2.75, 3.05) is 12.9 Å². The molecule has 1 atom stereocenters. The average molecular weight is 586 g/mol. The van der Waals surface area contributed by atoms with Gasteiger partial charge in [-0.25, -0.2) is 4.79 Å². The molecule has 1 aliphatic carbocycles. The Bertz CT molecular complexity index is 1610. The van der Waals surface area contributed by atoms with E-state index in [2.05, 4.69) is 17.4 Å². The van der Waals surface area contributed by atoms with Gasteiger partial charge >= 0.3 is 22.2 Å². The zero-order chi connectivity index (χ0) is 29.5. The molecule has 0 aromatic heterocycles. The maximum absolute atomic E-state index is 13.0. The molecule has 42 heavy (non-hydrogen) atoms. The van der Waals surface area contributed by atoms with Crippen LogP contribution in [0.1, 0.15) is 34.6 Å². The second kappa shape index (κ2) is 12.9. The molecular formula is C33H31NO7S. The van der Waals surface area contributed by atoms with E-state index in [4.69, 9.17) is 13.7 Å². The molecule has 0 fully saturated rings. The number of nitrogens with one attached hydrogen (secondary N) is 1. The topological polar surface area (TPSA) is 108 Å². The molecule has 0 bridgehead atoms. The summed E-state index contributed by atoms with van der Waals surface area (Å²) >= 11 is 0. The summed E-state index contributed by atoms with van der Waals surface area (Å²) in [6.45, 7) is 0.261. The van der Waals surface area contributed by atoms with Crippen LogP contribution in [0.25, 0.3) is 11.1 Å². The van der Waals surface area contributed by atoms with Crippen molar-refractivity contribution in [3.05, 3.63) is 125 Å². The van der Waals surface area contributed by atoms with Crippen LogP contribution < -0.4 is 9.50 Å². The quantitative estimate of drug-likeness (QED) is 0.180. The van der Waals surface area contributed by atoms with Crippen LogP contribution in [-0.2, 0) is 37.4 Å². The second-order valence-corrected chi connectivity index (χ2v) is 11.7. The molecule has 0 spiro atoms. The van der Waals surface area contributed by atoms with E-state index in [9.17, 15) is 18.0 Å². The van der Waals surface area contributed by atoms with E-state index < -0.39 is 28.2 Å². The molecule has 1 amide bonds. The Morgan fingerprint density at radius 3 is 1.98 bits per heavy atom. The average Bonchev–Trinajstić information content (AvgIpc) is 3.29. The fourth-order valence-electron chi connectivity index (χ4n) is 5.12. The molecule has 216 valence electrons. The molecular weight excluding hydrogens is 554 g/mol. The molecule has 0 heterocycles. The molecule has 5 rings (SSSR count). The predicted molar refractivity (Wildman–Crippen MR) is 158 cm³/mol. The predicted octanol–water partition coefficient (Wildman–Crippen LogP) is 5.61. The first-order valence-electron chi connectivity index (χ1n) is 13.5. The van der Waals surface area contributed by atoms with Gasteiger partial charge in [0.1, 0.15) is 19.0 Å². The van der Waals surface area contributed by atoms with Crippen LogP contribution in [0.2, 0.25) is 0 Å². The number of amides is 1. The summed E-state index contributed by atoms with van der Waals surface area (Å²) in [7, 11) is -3.66. The van der Waals surface area contributed by atoms with E-state index in [-0.39, 0.29) is 37.7 Å². The van der Waals surface area contributed by atoms with Gasteiger partial charge in [-0.15, -0.1) is 0 Å². The number of alkyl carbamates (subject to hydrolysis) is 1. The molecule has 0 aliphatic heterocycles. The van der Waals surface area contributed by atoms with Crippen LogP contribution in [0, 0.1) is 0 Å². The van der Waals surface area contributed by atoms with E-state index in [1.807, 2.05) is 66.7 Å². The molecule has 0 saturated heterocycles. The number of hydrogen-bond donors (Lipinski definition) is 1. The Balaban J connectivity index is 1.25. The Labute approximate surface area is 245 Å². The zero-order valence-corrected chi connectivity index (χ0v) is 23.9. The van der Waals surface area contributed by atoms with Crippen LogP contribution in [0.4, 0.5) is 4.79 Å². The van der Waals surface area contributed by atoms with E-state index in [0.717, 1.165) is 39.6 Å². The van der Waals surface area contributed by atoms with Crippen molar-refractivity contribution in [2.24, 2.45) is 0 Å². The smallest absolute Gasteiger partial charge is 0.407 e. The first-order valence-corrected chi connectivity index (χ1v) is 15.4. The van der Waals surface area contributed by atoms with E-state index in [1.54, 1.807) is 12.1 Å². The summed E-state index contributed by atoms with van der Waals surface area (Å²) in [5.41, 5.74) is 6.07. The van der Waals surface area contributed by atoms with Gasteiger partial charge in [-0.2, -0.15) is 8.42 Å². The highest BCUT2D eigenvalue weighted by Gasteiger charge is 2.29. The monoisotopic (exact) mass is 585 g/mol. The van der Waals surface area contributed by atoms with Gasteiger partial charge in [-0.1, -0.05) is 91.0 Å². The second-order valence-electron chi connectivity index (χ2n) is 10.2. The summed E-state index contributed by atoms with van der Waals surface area (Å²) in [6.07, 6.45) is 0.522. The molecule has 4 aromatic rings. The molecule has 1 unspecified atom stereocenters. The molecule has 0 radical (unpaired) electrons. The summed E-state index contributed by atoms with van der Waals surface area (Å²) < 4.78 is 38.9. The highest BCUT2D eigenvalue weighted by atomic mass is 32.2. The number of hydrogen-bond acceptors (Lipinski definition) is 7. The van der Waals surface area contributed by atoms with Crippen molar-refractivity contribution in [1.29, 1.82) is 0 Å². The number of carbonyl (C=O) groups excluding carboxylic acids is 2. The number of fused-ring (bicyclic) bond motifs is 3. The van der Waals surface area contributed by atoms with Crippen LogP contribution in [-0.4, -0.2) is 39.4 Å². The Morgan fingerprint density at radius 2 is 1.36 bits per heavy atom. The Hall–Kier alpha value is -4.63. The molecule has 8 nitrogen and oxygen atoms in total. The highest BCUT2D eigenvalue weighted by molar-refractivity contribution is 7.86. The first-order chi connectivity index (χ1) is 20.2. The molecule has 1 N–H and O–H groups in total. The minimum Gasteiger partial charge on any atom is -0.461 e. The standard InChI is InChI=1S/C33H31NO7S/c1-42(37,38)41-26-17-15-23(16-18-26)19-25(20-32(35)39-21-24-9-3-2-4-10-24)34-33(36)40-22-31-29-13-7-5-11-27(29)28-12-6-8-14-30(28)31/h2-18,25,31H,19-22H2,1H3,(H,34,36). The largest absolute Gasteiger partial charge is 0.461 e. The fourth-order valence-corrected chi connectivity index (χ4v) is 5.58. The SMILES string of the molecule is CS(=O)(=O)Oc1ccc(CC(CC(=O)OCc2ccccc2)NC(=O)OCC2c3ccccc3-c3ccccc32)cc1. The van der Waals surface area contributed by atoms with Crippen LogP contribution in [0.3, 0.4) is 0 Å². The Kier molecular flexibility index (Phi) is 8.88. The molecule has 9 heteroatoms. The first kappa shape index (κ1) is 28.9. The van der Waals surface area contributed by atoms with Gasteiger partial charge in [-0.05, 0) is 51.9 Å². The number of carbonyl (C=O) groups is 2. The molecule has 1 aliphatic rings. The molecule has 4 aromatic carbocycles. The molecule has 0 saturated carbocycles. The van der Waals surface area contributed by atoms with Gasteiger partial charge in [0.2, 0.25) is 0 Å². The van der Waals surface area contributed by atoms with Gasteiger partial charge in [0.15, 0.2) is 0 Å². The lowest BCUT2D eigenvalue weighted by Crippen LogP contribution is -2.39. The summed E-state index contributed by atoms with van der Waals surface area (Å²) in [6, 6.07) is 31.3. The van der Waals surface area contributed by atoms with Crippen molar-refractivity contribution in [2.45, 2.75) is 31.4 Å². The summed E-state index contributed by atoms with van der Waals surface area (Å²) in [4.78, 5) is 25.8. The van der Waals surface area contributed by atoms with Crippen molar-refractivity contribution in [3.63, 3.8) is 0 Å². The number of benzene rings is 4. The van der Waals surface area contributed by atoms with Crippen molar-refractivity contribution in [1.82, 2.24) is 5.32 Å². The number of esters is 1. The summed E-state index contributed by atoms with van der Waals surface area (Å²) in [5, 5.41) is 2.83. The van der Waals surface area contributed by atoms with Gasteiger partial charge in [0.25, 0.3) is 0 Å². The number of ether oxygens (including phenoxy) is 2. The zero-order valence-electron chi connectivity index (χ0n) is 23.1.